The number of carbonyl (C=O) groups excluding carboxylic acids is 1. The Morgan fingerprint density at radius 3 is 2.15 bits per heavy atom. The number of hydrogen-bond acceptors (Lipinski definition) is 5. The summed E-state index contributed by atoms with van der Waals surface area (Å²) >= 11 is 0. The van der Waals surface area contributed by atoms with Crippen molar-refractivity contribution in [3.8, 4) is 11.5 Å². The maximum Gasteiger partial charge on any atom is 0.344 e. The molecule has 0 spiro atoms. The van der Waals surface area contributed by atoms with Crippen LogP contribution in [0, 0.1) is 0 Å². The Labute approximate surface area is 155 Å². The van der Waals surface area contributed by atoms with Crippen molar-refractivity contribution in [2.75, 3.05) is 26.8 Å². The van der Waals surface area contributed by atoms with Gasteiger partial charge in [0.25, 0.3) is 0 Å². The highest BCUT2D eigenvalue weighted by Crippen LogP contribution is 2.25. The topological polar surface area (TPSA) is 48.0 Å². The van der Waals surface area contributed by atoms with Crippen molar-refractivity contribution in [2.24, 2.45) is 0 Å². The average Bonchev–Trinajstić information content (AvgIpc) is 2.69. The van der Waals surface area contributed by atoms with Crippen LogP contribution >= 0.6 is 0 Å². The van der Waals surface area contributed by atoms with E-state index >= 15 is 0 Å². The largest absolute Gasteiger partial charge is 0.493 e. The zero-order chi connectivity index (χ0) is 18.8. The van der Waals surface area contributed by atoms with Crippen LogP contribution in [0.1, 0.15) is 25.0 Å². The molecule has 2 aromatic carbocycles. The third-order valence-electron chi connectivity index (χ3n) is 4.14. The van der Waals surface area contributed by atoms with E-state index in [0.717, 1.165) is 25.2 Å². The molecule has 0 unspecified atom stereocenters. The van der Waals surface area contributed by atoms with Gasteiger partial charge in [0.1, 0.15) is 6.61 Å². The summed E-state index contributed by atoms with van der Waals surface area (Å²) in [6, 6.07) is 15.3. The Kier molecular flexibility index (Phi) is 7.96. The van der Waals surface area contributed by atoms with Gasteiger partial charge in [-0.25, -0.2) is 4.79 Å². The lowest BCUT2D eigenvalue weighted by Gasteiger charge is -2.18. The molecule has 5 nitrogen and oxygen atoms in total. The number of nitrogens with zero attached hydrogens (tertiary/aromatic N) is 1. The lowest BCUT2D eigenvalue weighted by Crippen LogP contribution is -2.22. The van der Waals surface area contributed by atoms with Gasteiger partial charge in [-0.3, -0.25) is 4.90 Å². The summed E-state index contributed by atoms with van der Waals surface area (Å²) in [6.07, 6.45) is 0. The minimum absolute atomic E-state index is 0.152. The molecule has 0 saturated carbocycles. The van der Waals surface area contributed by atoms with Crippen molar-refractivity contribution in [2.45, 2.75) is 27.0 Å². The minimum atomic E-state index is -0.414. The second-order valence-corrected chi connectivity index (χ2v) is 5.88. The fourth-order valence-electron chi connectivity index (χ4n) is 2.53. The molecule has 2 rings (SSSR count). The van der Waals surface area contributed by atoms with Gasteiger partial charge in [-0.2, -0.15) is 0 Å². The molecule has 0 fully saturated rings. The fraction of sp³-hybridized carbons (Fsp3) is 0.381. The number of methoxy groups -OCH3 is 1. The van der Waals surface area contributed by atoms with Crippen molar-refractivity contribution in [3.05, 3.63) is 59.7 Å². The highest BCUT2D eigenvalue weighted by Gasteiger charge is 2.08. The van der Waals surface area contributed by atoms with E-state index in [1.54, 1.807) is 19.2 Å². The number of hydrogen-bond donors (Lipinski definition) is 0. The van der Waals surface area contributed by atoms with E-state index in [4.69, 9.17) is 14.2 Å². The zero-order valence-electron chi connectivity index (χ0n) is 15.7. The van der Waals surface area contributed by atoms with Gasteiger partial charge in [-0.15, -0.1) is 0 Å². The second-order valence-electron chi connectivity index (χ2n) is 5.88. The highest BCUT2D eigenvalue weighted by molar-refractivity contribution is 5.71. The Balaban J connectivity index is 1.78. The van der Waals surface area contributed by atoms with Gasteiger partial charge in [0.15, 0.2) is 18.1 Å². The summed E-state index contributed by atoms with van der Waals surface area (Å²) < 4.78 is 15.9. The van der Waals surface area contributed by atoms with E-state index in [1.807, 2.05) is 24.3 Å². The van der Waals surface area contributed by atoms with Crippen LogP contribution in [0.15, 0.2) is 48.5 Å². The highest BCUT2D eigenvalue weighted by atomic mass is 16.6. The van der Waals surface area contributed by atoms with Crippen LogP contribution in [0.5, 0.6) is 11.5 Å². The van der Waals surface area contributed by atoms with Crippen LogP contribution in [0.25, 0.3) is 0 Å². The molecule has 140 valence electrons. The van der Waals surface area contributed by atoms with E-state index in [-0.39, 0.29) is 13.2 Å². The summed E-state index contributed by atoms with van der Waals surface area (Å²) in [5, 5.41) is 0. The molecule has 0 N–H and O–H groups in total. The summed E-state index contributed by atoms with van der Waals surface area (Å²) in [4.78, 5) is 14.2. The van der Waals surface area contributed by atoms with Crippen molar-refractivity contribution in [1.82, 2.24) is 4.90 Å². The Hall–Kier alpha value is -2.53. The molecular weight excluding hydrogens is 330 g/mol. The quantitative estimate of drug-likeness (QED) is 0.607. The van der Waals surface area contributed by atoms with Crippen molar-refractivity contribution < 1.29 is 19.0 Å². The molecule has 0 aliphatic heterocycles. The number of carbonyl (C=O) groups is 1. The Morgan fingerprint density at radius 2 is 1.54 bits per heavy atom. The molecule has 2 aromatic rings. The second kappa shape index (κ2) is 10.5. The molecule has 0 radical (unpaired) electrons. The third kappa shape index (κ3) is 6.08. The normalized spacial score (nSPS) is 10.6. The molecule has 5 heteroatoms. The van der Waals surface area contributed by atoms with Gasteiger partial charge in [0.05, 0.1) is 7.11 Å². The SMILES string of the molecule is CCN(CC)Cc1ccc(COC(=O)COc2ccccc2OC)cc1. The van der Waals surface area contributed by atoms with Crippen molar-refractivity contribution >= 4 is 5.97 Å². The Bertz CT molecular complexity index is 681. The van der Waals surface area contributed by atoms with Crippen LogP contribution < -0.4 is 9.47 Å². The first-order chi connectivity index (χ1) is 12.7. The minimum Gasteiger partial charge on any atom is -0.493 e. The van der Waals surface area contributed by atoms with E-state index in [0.29, 0.717) is 11.5 Å². The van der Waals surface area contributed by atoms with E-state index in [1.165, 1.54) is 5.56 Å². The fourth-order valence-corrected chi connectivity index (χ4v) is 2.53. The maximum absolute atomic E-state index is 11.9. The molecule has 0 aliphatic rings. The lowest BCUT2D eigenvalue weighted by atomic mass is 10.1. The van der Waals surface area contributed by atoms with E-state index in [9.17, 15) is 4.79 Å². The predicted octanol–water partition coefficient (Wildman–Crippen LogP) is 3.66. The van der Waals surface area contributed by atoms with Crippen LogP contribution in [0.3, 0.4) is 0 Å². The summed E-state index contributed by atoms with van der Waals surface area (Å²) in [5.74, 6) is 0.694. The molecular formula is C21H27NO4. The first kappa shape index (κ1) is 19.8. The third-order valence-corrected chi connectivity index (χ3v) is 4.14. The Morgan fingerprint density at radius 1 is 0.923 bits per heavy atom. The van der Waals surface area contributed by atoms with Crippen molar-refractivity contribution in [1.29, 1.82) is 0 Å². The first-order valence-corrected chi connectivity index (χ1v) is 8.87. The zero-order valence-corrected chi connectivity index (χ0v) is 15.7. The van der Waals surface area contributed by atoms with Crippen LogP contribution in [-0.2, 0) is 22.7 Å². The number of benzene rings is 2. The predicted molar refractivity (Wildman–Crippen MR) is 101 cm³/mol. The molecule has 26 heavy (non-hydrogen) atoms. The van der Waals surface area contributed by atoms with Gasteiger partial charge >= 0.3 is 5.97 Å². The number of esters is 1. The van der Waals surface area contributed by atoms with Crippen molar-refractivity contribution in [3.63, 3.8) is 0 Å². The summed E-state index contributed by atoms with van der Waals surface area (Å²) in [6.45, 7) is 7.39. The molecule has 0 heterocycles. The molecule has 0 atom stereocenters. The van der Waals surface area contributed by atoms with Crippen LogP contribution in [0.2, 0.25) is 0 Å². The molecule has 0 aromatic heterocycles. The molecule has 0 bridgehead atoms. The van der Waals surface area contributed by atoms with E-state index < -0.39 is 5.97 Å². The van der Waals surface area contributed by atoms with Gasteiger partial charge < -0.3 is 14.2 Å². The lowest BCUT2D eigenvalue weighted by molar-refractivity contribution is -0.147. The smallest absolute Gasteiger partial charge is 0.344 e. The van der Waals surface area contributed by atoms with Crippen LogP contribution in [0.4, 0.5) is 0 Å². The monoisotopic (exact) mass is 357 g/mol. The number of para-hydroxylation sites is 2. The van der Waals surface area contributed by atoms with Crippen LogP contribution in [-0.4, -0.2) is 37.7 Å². The van der Waals surface area contributed by atoms with Gasteiger partial charge in [0, 0.05) is 6.54 Å². The van der Waals surface area contributed by atoms with Gasteiger partial charge in [-0.1, -0.05) is 50.2 Å². The number of rotatable bonds is 10. The average molecular weight is 357 g/mol. The van der Waals surface area contributed by atoms with Gasteiger partial charge in [-0.05, 0) is 36.3 Å². The summed E-state index contributed by atoms with van der Waals surface area (Å²) in [7, 11) is 1.56. The first-order valence-electron chi connectivity index (χ1n) is 8.87. The maximum atomic E-state index is 11.9. The molecule has 0 saturated heterocycles. The standard InChI is InChI=1S/C21H27NO4/c1-4-22(5-2)14-17-10-12-18(13-11-17)15-26-21(23)16-25-20-9-7-6-8-19(20)24-3/h6-13H,4-5,14-16H2,1-3H3. The molecule has 0 aliphatic carbocycles. The van der Waals surface area contributed by atoms with Gasteiger partial charge in [0.2, 0.25) is 0 Å². The number of ether oxygens (including phenoxy) is 3. The molecule has 0 amide bonds. The summed E-state index contributed by atoms with van der Waals surface area (Å²) in [5.41, 5.74) is 2.21. The van der Waals surface area contributed by atoms with E-state index in [2.05, 4.69) is 30.9 Å².